The maximum absolute atomic E-state index is 10.7. The molecule has 0 aliphatic heterocycles. The molecule has 3 heteroatoms. The van der Waals surface area contributed by atoms with Crippen LogP contribution in [-0.2, 0) is 11.2 Å². The van der Waals surface area contributed by atoms with Gasteiger partial charge in [0.1, 0.15) is 6.04 Å². The average Bonchev–Trinajstić information content (AvgIpc) is 2.38. The van der Waals surface area contributed by atoms with Crippen molar-refractivity contribution in [3.63, 3.8) is 0 Å². The number of rotatable bonds is 4. The van der Waals surface area contributed by atoms with Crippen LogP contribution >= 0.6 is 0 Å². The minimum absolute atomic E-state index is 0.350. The van der Waals surface area contributed by atoms with Gasteiger partial charge in [-0.15, -0.1) is 0 Å². The highest BCUT2D eigenvalue weighted by Crippen LogP contribution is 2.22. The van der Waals surface area contributed by atoms with Gasteiger partial charge in [0.05, 0.1) is 0 Å². The summed E-state index contributed by atoms with van der Waals surface area (Å²) in [5.41, 5.74) is 11.2. The Kier molecular flexibility index (Phi) is 4.20. The van der Waals surface area contributed by atoms with Crippen LogP contribution in [0.3, 0.4) is 0 Å². The van der Waals surface area contributed by atoms with E-state index in [1.54, 1.807) is 0 Å². The highest BCUT2D eigenvalue weighted by Gasteiger charge is 2.11. The number of benzene rings is 2. The largest absolute Gasteiger partial charge is 0.480 e. The summed E-state index contributed by atoms with van der Waals surface area (Å²) in [5.74, 6) is -0.969. The van der Waals surface area contributed by atoms with Gasteiger partial charge in [-0.25, -0.2) is 0 Å². The first-order chi connectivity index (χ1) is 9.45. The van der Waals surface area contributed by atoms with Crippen molar-refractivity contribution in [2.45, 2.75) is 26.3 Å². The summed E-state index contributed by atoms with van der Waals surface area (Å²) >= 11 is 0. The van der Waals surface area contributed by atoms with Gasteiger partial charge in [0.15, 0.2) is 0 Å². The first kappa shape index (κ1) is 14.3. The molecule has 0 saturated carbocycles. The summed E-state index contributed by atoms with van der Waals surface area (Å²) in [6.07, 6.45) is 0.350. The molecule has 3 N–H and O–H groups in total. The second-order valence-electron chi connectivity index (χ2n) is 5.22. The van der Waals surface area contributed by atoms with Crippen molar-refractivity contribution in [1.29, 1.82) is 0 Å². The summed E-state index contributed by atoms with van der Waals surface area (Å²) in [5, 5.41) is 8.81. The molecule has 0 amide bonds. The van der Waals surface area contributed by atoms with E-state index < -0.39 is 12.0 Å². The lowest BCUT2D eigenvalue weighted by Crippen LogP contribution is -2.32. The molecule has 2 aromatic carbocycles. The Bertz CT molecular complexity index is 597. The molecule has 1 unspecified atom stereocenters. The zero-order valence-electron chi connectivity index (χ0n) is 11.8. The van der Waals surface area contributed by atoms with E-state index in [1.165, 1.54) is 16.7 Å². The van der Waals surface area contributed by atoms with Crippen LogP contribution in [0.15, 0.2) is 42.5 Å². The van der Waals surface area contributed by atoms with Crippen molar-refractivity contribution >= 4 is 5.97 Å². The van der Waals surface area contributed by atoms with Gasteiger partial charge in [-0.1, -0.05) is 53.6 Å². The number of nitrogens with two attached hydrogens (primary N) is 1. The van der Waals surface area contributed by atoms with E-state index in [0.717, 1.165) is 11.1 Å². The quantitative estimate of drug-likeness (QED) is 0.897. The predicted octanol–water partition coefficient (Wildman–Crippen LogP) is 2.92. The van der Waals surface area contributed by atoms with Crippen LogP contribution in [0.4, 0.5) is 0 Å². The molecule has 0 radical (unpaired) electrons. The van der Waals surface area contributed by atoms with E-state index in [4.69, 9.17) is 10.8 Å². The molecule has 2 aromatic rings. The van der Waals surface area contributed by atoms with E-state index in [1.807, 2.05) is 24.3 Å². The minimum atomic E-state index is -0.969. The standard InChI is InChI=1S/C17H19NO2/c1-11-7-12(2)9-15(8-11)14-5-3-13(4-6-14)10-16(18)17(19)20/h3-9,16H,10,18H2,1-2H3,(H,19,20). The van der Waals surface area contributed by atoms with E-state index in [2.05, 4.69) is 32.0 Å². The highest BCUT2D eigenvalue weighted by atomic mass is 16.4. The highest BCUT2D eigenvalue weighted by molar-refractivity contribution is 5.73. The molecule has 104 valence electrons. The maximum Gasteiger partial charge on any atom is 0.320 e. The molecule has 0 bridgehead atoms. The fraction of sp³-hybridized carbons (Fsp3) is 0.235. The predicted molar refractivity (Wildman–Crippen MR) is 80.7 cm³/mol. The van der Waals surface area contributed by atoms with Crippen LogP contribution in [0.5, 0.6) is 0 Å². The maximum atomic E-state index is 10.7. The zero-order chi connectivity index (χ0) is 14.7. The molecule has 0 aliphatic carbocycles. The van der Waals surface area contributed by atoms with Crippen LogP contribution in [-0.4, -0.2) is 17.1 Å². The van der Waals surface area contributed by atoms with E-state index in [9.17, 15) is 4.79 Å². The van der Waals surface area contributed by atoms with Gasteiger partial charge in [0.25, 0.3) is 0 Å². The Morgan fingerprint density at radius 1 is 1.05 bits per heavy atom. The fourth-order valence-electron chi connectivity index (χ4n) is 2.32. The van der Waals surface area contributed by atoms with Gasteiger partial charge >= 0.3 is 5.97 Å². The number of hydrogen-bond donors (Lipinski definition) is 2. The summed E-state index contributed by atoms with van der Waals surface area (Å²) in [6.45, 7) is 4.16. The molecule has 3 nitrogen and oxygen atoms in total. The van der Waals surface area contributed by atoms with E-state index in [-0.39, 0.29) is 0 Å². The summed E-state index contributed by atoms with van der Waals surface area (Å²) in [6, 6.07) is 13.5. The molecule has 20 heavy (non-hydrogen) atoms. The Balaban J connectivity index is 2.21. The Morgan fingerprint density at radius 2 is 1.60 bits per heavy atom. The van der Waals surface area contributed by atoms with E-state index in [0.29, 0.717) is 6.42 Å². The lowest BCUT2D eigenvalue weighted by molar-refractivity contribution is -0.138. The molecule has 0 spiro atoms. The zero-order valence-corrected chi connectivity index (χ0v) is 11.8. The lowest BCUT2D eigenvalue weighted by Gasteiger charge is -2.09. The number of hydrogen-bond acceptors (Lipinski definition) is 2. The van der Waals surface area contributed by atoms with Crippen LogP contribution in [0.1, 0.15) is 16.7 Å². The van der Waals surface area contributed by atoms with Crippen molar-refractivity contribution in [3.05, 3.63) is 59.2 Å². The lowest BCUT2D eigenvalue weighted by atomic mass is 9.98. The smallest absolute Gasteiger partial charge is 0.320 e. The Hall–Kier alpha value is -2.13. The summed E-state index contributed by atoms with van der Waals surface area (Å²) < 4.78 is 0. The Labute approximate surface area is 119 Å². The average molecular weight is 269 g/mol. The first-order valence-electron chi connectivity index (χ1n) is 6.61. The van der Waals surface area contributed by atoms with Gasteiger partial charge in [0.2, 0.25) is 0 Å². The van der Waals surface area contributed by atoms with Crippen LogP contribution < -0.4 is 5.73 Å². The van der Waals surface area contributed by atoms with Gasteiger partial charge in [-0.2, -0.15) is 0 Å². The van der Waals surface area contributed by atoms with Crippen molar-refractivity contribution in [2.75, 3.05) is 0 Å². The third-order valence-corrected chi connectivity index (χ3v) is 3.28. The second kappa shape index (κ2) is 5.88. The first-order valence-corrected chi connectivity index (χ1v) is 6.61. The number of carbonyl (C=O) groups is 1. The SMILES string of the molecule is Cc1cc(C)cc(-c2ccc(CC(N)C(=O)O)cc2)c1. The third kappa shape index (κ3) is 3.45. The van der Waals surface area contributed by atoms with Gasteiger partial charge in [0, 0.05) is 0 Å². The van der Waals surface area contributed by atoms with Crippen molar-refractivity contribution in [2.24, 2.45) is 5.73 Å². The van der Waals surface area contributed by atoms with Gasteiger partial charge in [-0.05, 0) is 37.0 Å². The van der Waals surface area contributed by atoms with Crippen LogP contribution in [0.25, 0.3) is 11.1 Å². The molecule has 0 aliphatic rings. The number of aliphatic carboxylic acids is 1. The molecule has 0 saturated heterocycles. The third-order valence-electron chi connectivity index (χ3n) is 3.28. The van der Waals surface area contributed by atoms with Crippen LogP contribution in [0, 0.1) is 13.8 Å². The van der Waals surface area contributed by atoms with Gasteiger partial charge < -0.3 is 10.8 Å². The molecule has 0 heterocycles. The molecule has 1 atom stereocenters. The Morgan fingerprint density at radius 3 is 2.10 bits per heavy atom. The molecule has 2 rings (SSSR count). The number of aryl methyl sites for hydroxylation is 2. The summed E-state index contributed by atoms with van der Waals surface area (Å²) in [7, 11) is 0. The van der Waals surface area contributed by atoms with E-state index >= 15 is 0 Å². The topological polar surface area (TPSA) is 63.3 Å². The second-order valence-corrected chi connectivity index (χ2v) is 5.22. The monoisotopic (exact) mass is 269 g/mol. The molecule has 0 fully saturated rings. The summed E-state index contributed by atoms with van der Waals surface area (Å²) in [4.78, 5) is 10.7. The van der Waals surface area contributed by atoms with Crippen molar-refractivity contribution in [1.82, 2.24) is 0 Å². The molecular formula is C17H19NO2. The van der Waals surface area contributed by atoms with Crippen molar-refractivity contribution < 1.29 is 9.90 Å². The normalized spacial score (nSPS) is 12.2. The minimum Gasteiger partial charge on any atom is -0.480 e. The van der Waals surface area contributed by atoms with Crippen LogP contribution in [0.2, 0.25) is 0 Å². The van der Waals surface area contributed by atoms with Gasteiger partial charge in [-0.3, -0.25) is 4.79 Å². The fourth-order valence-corrected chi connectivity index (χ4v) is 2.32. The number of carboxylic acid groups (broad SMARTS) is 1. The molecular weight excluding hydrogens is 250 g/mol. The van der Waals surface area contributed by atoms with Crippen molar-refractivity contribution in [3.8, 4) is 11.1 Å². The molecule has 0 aromatic heterocycles. The number of carboxylic acids is 1.